The Morgan fingerprint density at radius 3 is 3.12 bits per heavy atom. The Labute approximate surface area is 95.2 Å². The SMILES string of the molecule is CCC1CN(Cc2ccccn2)C(=O)CO1. The van der Waals surface area contributed by atoms with Gasteiger partial charge >= 0.3 is 0 Å². The van der Waals surface area contributed by atoms with Crippen molar-refractivity contribution in [3.05, 3.63) is 30.1 Å². The zero-order chi connectivity index (χ0) is 11.4. The molecule has 86 valence electrons. The van der Waals surface area contributed by atoms with Gasteiger partial charge in [0.15, 0.2) is 0 Å². The highest BCUT2D eigenvalue weighted by Crippen LogP contribution is 2.11. The van der Waals surface area contributed by atoms with E-state index in [9.17, 15) is 4.79 Å². The molecule has 16 heavy (non-hydrogen) atoms. The number of carbonyl (C=O) groups is 1. The van der Waals surface area contributed by atoms with E-state index in [2.05, 4.69) is 11.9 Å². The van der Waals surface area contributed by atoms with Crippen molar-refractivity contribution in [3.8, 4) is 0 Å². The smallest absolute Gasteiger partial charge is 0.249 e. The zero-order valence-electron chi connectivity index (χ0n) is 9.43. The first-order chi connectivity index (χ1) is 7.79. The number of nitrogens with zero attached hydrogens (tertiary/aromatic N) is 2. The van der Waals surface area contributed by atoms with Gasteiger partial charge in [0.25, 0.3) is 0 Å². The minimum atomic E-state index is 0.0513. The lowest BCUT2D eigenvalue weighted by Gasteiger charge is -2.32. The fourth-order valence-electron chi connectivity index (χ4n) is 1.77. The number of amides is 1. The molecular weight excluding hydrogens is 204 g/mol. The Kier molecular flexibility index (Phi) is 3.51. The van der Waals surface area contributed by atoms with Crippen LogP contribution in [0, 0.1) is 0 Å². The van der Waals surface area contributed by atoms with Crippen molar-refractivity contribution >= 4 is 5.91 Å². The molecule has 4 heteroatoms. The molecular formula is C12H16N2O2. The third kappa shape index (κ3) is 2.58. The summed E-state index contributed by atoms with van der Waals surface area (Å²) in [7, 11) is 0. The highest BCUT2D eigenvalue weighted by molar-refractivity contribution is 5.78. The van der Waals surface area contributed by atoms with E-state index in [1.54, 1.807) is 6.20 Å². The van der Waals surface area contributed by atoms with Crippen LogP contribution in [0.4, 0.5) is 0 Å². The summed E-state index contributed by atoms with van der Waals surface area (Å²) < 4.78 is 5.40. The van der Waals surface area contributed by atoms with E-state index in [0.717, 1.165) is 12.1 Å². The zero-order valence-corrected chi connectivity index (χ0v) is 9.43. The van der Waals surface area contributed by atoms with Crippen LogP contribution in [0.2, 0.25) is 0 Å². The van der Waals surface area contributed by atoms with Gasteiger partial charge in [-0.25, -0.2) is 0 Å². The van der Waals surface area contributed by atoms with E-state index in [4.69, 9.17) is 4.74 Å². The molecule has 1 aromatic heterocycles. The summed E-state index contributed by atoms with van der Waals surface area (Å²) in [6.45, 7) is 3.52. The Morgan fingerprint density at radius 2 is 2.44 bits per heavy atom. The average Bonchev–Trinajstić information content (AvgIpc) is 2.33. The molecule has 1 amide bonds. The second kappa shape index (κ2) is 5.07. The van der Waals surface area contributed by atoms with E-state index in [1.807, 2.05) is 23.1 Å². The molecule has 1 saturated heterocycles. The number of aromatic nitrogens is 1. The lowest BCUT2D eigenvalue weighted by Crippen LogP contribution is -2.45. The molecule has 1 aliphatic rings. The van der Waals surface area contributed by atoms with Gasteiger partial charge in [-0.15, -0.1) is 0 Å². The fraction of sp³-hybridized carbons (Fsp3) is 0.500. The third-order valence-corrected chi connectivity index (χ3v) is 2.75. The molecule has 1 fully saturated rings. The minimum absolute atomic E-state index is 0.0513. The quantitative estimate of drug-likeness (QED) is 0.769. The molecule has 0 radical (unpaired) electrons. The van der Waals surface area contributed by atoms with Crippen LogP contribution in [-0.4, -0.2) is 35.0 Å². The largest absolute Gasteiger partial charge is 0.367 e. The first kappa shape index (κ1) is 11.1. The van der Waals surface area contributed by atoms with E-state index < -0.39 is 0 Å². The predicted molar refractivity (Wildman–Crippen MR) is 59.7 cm³/mol. The number of morpholine rings is 1. The highest BCUT2D eigenvalue weighted by Gasteiger charge is 2.25. The van der Waals surface area contributed by atoms with Crippen LogP contribution >= 0.6 is 0 Å². The molecule has 4 nitrogen and oxygen atoms in total. The average molecular weight is 220 g/mol. The normalized spacial score (nSPS) is 21.2. The molecule has 0 aromatic carbocycles. The molecule has 1 aliphatic heterocycles. The van der Waals surface area contributed by atoms with Crippen LogP contribution in [0.15, 0.2) is 24.4 Å². The van der Waals surface area contributed by atoms with Gasteiger partial charge in [0.1, 0.15) is 6.61 Å². The lowest BCUT2D eigenvalue weighted by molar-refractivity contribution is -0.149. The number of ether oxygens (including phenoxy) is 1. The predicted octanol–water partition coefficient (Wildman–Crippen LogP) is 1.22. The van der Waals surface area contributed by atoms with Crippen LogP contribution in [-0.2, 0) is 16.1 Å². The number of pyridine rings is 1. The van der Waals surface area contributed by atoms with Gasteiger partial charge in [-0.3, -0.25) is 9.78 Å². The first-order valence-corrected chi connectivity index (χ1v) is 5.59. The summed E-state index contributed by atoms with van der Waals surface area (Å²) in [6.07, 6.45) is 2.85. The molecule has 0 bridgehead atoms. The number of carbonyl (C=O) groups excluding carboxylic acids is 1. The summed E-state index contributed by atoms with van der Waals surface area (Å²) >= 11 is 0. The van der Waals surface area contributed by atoms with Crippen LogP contribution in [0.1, 0.15) is 19.0 Å². The first-order valence-electron chi connectivity index (χ1n) is 5.59. The second-order valence-corrected chi connectivity index (χ2v) is 3.94. The van der Waals surface area contributed by atoms with Crippen molar-refractivity contribution < 1.29 is 9.53 Å². The van der Waals surface area contributed by atoms with Crippen molar-refractivity contribution in [1.82, 2.24) is 9.88 Å². The van der Waals surface area contributed by atoms with Gasteiger partial charge in [-0.05, 0) is 18.6 Å². The third-order valence-electron chi connectivity index (χ3n) is 2.75. The van der Waals surface area contributed by atoms with Gasteiger partial charge in [-0.2, -0.15) is 0 Å². The van der Waals surface area contributed by atoms with Crippen molar-refractivity contribution in [2.75, 3.05) is 13.2 Å². The summed E-state index contributed by atoms with van der Waals surface area (Å²) in [5.41, 5.74) is 0.924. The van der Waals surface area contributed by atoms with E-state index >= 15 is 0 Å². The fourth-order valence-corrected chi connectivity index (χ4v) is 1.77. The summed E-state index contributed by atoms with van der Waals surface area (Å²) in [4.78, 5) is 17.7. The van der Waals surface area contributed by atoms with Crippen LogP contribution in [0.3, 0.4) is 0 Å². The maximum atomic E-state index is 11.6. The highest BCUT2D eigenvalue weighted by atomic mass is 16.5. The molecule has 1 unspecified atom stereocenters. The Hall–Kier alpha value is -1.42. The lowest BCUT2D eigenvalue weighted by atomic mass is 10.2. The Bertz CT molecular complexity index is 353. The number of hydrogen-bond donors (Lipinski definition) is 0. The monoisotopic (exact) mass is 220 g/mol. The Balaban J connectivity index is 2.00. The number of rotatable bonds is 3. The van der Waals surface area contributed by atoms with Crippen molar-refractivity contribution in [2.45, 2.75) is 26.0 Å². The molecule has 0 saturated carbocycles. The minimum Gasteiger partial charge on any atom is -0.367 e. The molecule has 1 aromatic rings. The molecule has 0 N–H and O–H groups in total. The maximum absolute atomic E-state index is 11.6. The Morgan fingerprint density at radius 1 is 1.56 bits per heavy atom. The molecule has 0 aliphatic carbocycles. The number of hydrogen-bond acceptors (Lipinski definition) is 3. The van der Waals surface area contributed by atoms with E-state index in [-0.39, 0.29) is 18.6 Å². The molecule has 2 heterocycles. The standard InChI is InChI=1S/C12H16N2O2/c1-2-11-8-14(12(15)9-16-11)7-10-5-3-4-6-13-10/h3-6,11H,2,7-9H2,1H3. The molecule has 1 atom stereocenters. The van der Waals surface area contributed by atoms with Crippen molar-refractivity contribution in [1.29, 1.82) is 0 Å². The summed E-state index contributed by atoms with van der Waals surface area (Å²) in [5, 5.41) is 0. The second-order valence-electron chi connectivity index (χ2n) is 3.94. The van der Waals surface area contributed by atoms with Gasteiger partial charge in [0.05, 0.1) is 18.3 Å². The van der Waals surface area contributed by atoms with Crippen LogP contribution < -0.4 is 0 Å². The van der Waals surface area contributed by atoms with Crippen LogP contribution in [0.5, 0.6) is 0 Å². The van der Waals surface area contributed by atoms with Gasteiger partial charge in [-0.1, -0.05) is 13.0 Å². The van der Waals surface area contributed by atoms with Crippen LogP contribution in [0.25, 0.3) is 0 Å². The van der Waals surface area contributed by atoms with Gasteiger partial charge < -0.3 is 9.64 Å². The molecule has 0 spiro atoms. The van der Waals surface area contributed by atoms with Crippen molar-refractivity contribution in [3.63, 3.8) is 0 Å². The summed E-state index contributed by atoms with van der Waals surface area (Å²) in [6, 6.07) is 5.74. The van der Waals surface area contributed by atoms with Gasteiger partial charge in [0, 0.05) is 12.7 Å². The van der Waals surface area contributed by atoms with Gasteiger partial charge in [0.2, 0.25) is 5.91 Å². The molecule has 2 rings (SSSR count). The summed E-state index contributed by atoms with van der Waals surface area (Å²) in [5.74, 6) is 0.0513. The van der Waals surface area contributed by atoms with E-state index in [1.165, 1.54) is 0 Å². The maximum Gasteiger partial charge on any atom is 0.249 e. The topological polar surface area (TPSA) is 42.4 Å². The van der Waals surface area contributed by atoms with Crippen molar-refractivity contribution in [2.24, 2.45) is 0 Å². The van der Waals surface area contributed by atoms with E-state index in [0.29, 0.717) is 13.1 Å².